The van der Waals surface area contributed by atoms with Crippen LogP contribution in [0.5, 0.6) is 0 Å². The number of likely N-dealkylation sites (tertiary alicyclic amines) is 1. The first-order valence-electron chi connectivity index (χ1n) is 9.92. The van der Waals surface area contributed by atoms with E-state index in [9.17, 15) is 4.79 Å². The number of rotatable bonds is 7. The van der Waals surface area contributed by atoms with Crippen molar-refractivity contribution in [3.63, 3.8) is 0 Å². The van der Waals surface area contributed by atoms with Gasteiger partial charge in [0.2, 0.25) is 5.89 Å². The van der Waals surface area contributed by atoms with E-state index in [0.29, 0.717) is 24.7 Å². The molecule has 1 fully saturated rings. The molecule has 0 unspecified atom stereocenters. The molecule has 2 aromatic carbocycles. The number of carbonyl (C=O) groups is 1. The van der Waals surface area contributed by atoms with Crippen LogP contribution >= 0.6 is 11.6 Å². The summed E-state index contributed by atoms with van der Waals surface area (Å²) in [4.78, 5) is 21.1. The van der Waals surface area contributed by atoms with E-state index in [-0.39, 0.29) is 5.91 Å². The van der Waals surface area contributed by atoms with Gasteiger partial charge in [-0.05, 0) is 30.0 Å². The average Bonchev–Trinajstić information content (AvgIpc) is 3.42. The van der Waals surface area contributed by atoms with E-state index in [4.69, 9.17) is 16.0 Å². The van der Waals surface area contributed by atoms with Gasteiger partial charge in [0.25, 0.3) is 5.91 Å². The van der Waals surface area contributed by atoms with Crippen LogP contribution in [0.1, 0.15) is 40.3 Å². The van der Waals surface area contributed by atoms with Crippen LogP contribution in [0.3, 0.4) is 0 Å². The summed E-state index contributed by atoms with van der Waals surface area (Å²) in [6.07, 6.45) is 3.59. The predicted molar refractivity (Wildman–Crippen MR) is 112 cm³/mol. The Morgan fingerprint density at radius 3 is 2.48 bits per heavy atom. The summed E-state index contributed by atoms with van der Waals surface area (Å²) in [7, 11) is 0. The molecule has 0 aliphatic carbocycles. The SMILES string of the molecule is O=C(c1coc(CN(Cc2ccccc2)Cc2ccccc2Cl)n1)N1CCCC1. The normalized spacial score (nSPS) is 13.9. The summed E-state index contributed by atoms with van der Waals surface area (Å²) in [5.41, 5.74) is 2.63. The maximum atomic E-state index is 12.5. The summed E-state index contributed by atoms with van der Waals surface area (Å²) in [6.45, 7) is 3.48. The molecule has 2 heterocycles. The van der Waals surface area contributed by atoms with Crippen molar-refractivity contribution in [2.24, 2.45) is 0 Å². The van der Waals surface area contributed by atoms with E-state index in [2.05, 4.69) is 22.0 Å². The maximum absolute atomic E-state index is 12.5. The van der Waals surface area contributed by atoms with Gasteiger partial charge in [0.1, 0.15) is 6.26 Å². The third-order valence-electron chi connectivity index (χ3n) is 5.12. The Kier molecular flexibility index (Phi) is 6.27. The molecule has 5 nitrogen and oxygen atoms in total. The molecule has 1 aliphatic heterocycles. The Hall–Kier alpha value is -2.63. The predicted octanol–water partition coefficient (Wildman–Crippen LogP) is 4.77. The number of aromatic nitrogens is 1. The Labute approximate surface area is 175 Å². The van der Waals surface area contributed by atoms with Crippen molar-refractivity contribution in [2.75, 3.05) is 13.1 Å². The molecule has 0 saturated carbocycles. The second-order valence-corrected chi connectivity index (χ2v) is 7.76. The molecule has 0 N–H and O–H groups in total. The highest BCUT2D eigenvalue weighted by Crippen LogP contribution is 2.20. The van der Waals surface area contributed by atoms with E-state index in [1.165, 1.54) is 11.8 Å². The zero-order valence-electron chi connectivity index (χ0n) is 16.3. The number of halogens is 1. The molecular weight excluding hydrogens is 386 g/mol. The molecule has 4 rings (SSSR count). The van der Waals surface area contributed by atoms with Gasteiger partial charge in [0.05, 0.1) is 6.54 Å². The Morgan fingerprint density at radius 2 is 1.72 bits per heavy atom. The fourth-order valence-electron chi connectivity index (χ4n) is 3.63. The van der Waals surface area contributed by atoms with Gasteiger partial charge in [-0.3, -0.25) is 9.69 Å². The van der Waals surface area contributed by atoms with Crippen LogP contribution in [0.15, 0.2) is 65.3 Å². The molecule has 0 atom stereocenters. The zero-order valence-corrected chi connectivity index (χ0v) is 17.0. The summed E-state index contributed by atoms with van der Waals surface area (Å²) in [5.74, 6) is 0.494. The molecule has 6 heteroatoms. The van der Waals surface area contributed by atoms with Gasteiger partial charge < -0.3 is 9.32 Å². The molecule has 0 bridgehead atoms. The van der Waals surface area contributed by atoms with Crippen LogP contribution in [-0.2, 0) is 19.6 Å². The zero-order chi connectivity index (χ0) is 20.1. The molecule has 3 aromatic rings. The van der Waals surface area contributed by atoms with Crippen molar-refractivity contribution in [1.82, 2.24) is 14.8 Å². The summed E-state index contributed by atoms with van der Waals surface area (Å²) in [5, 5.41) is 0.739. The largest absolute Gasteiger partial charge is 0.447 e. The molecule has 1 saturated heterocycles. The number of amides is 1. The molecule has 0 spiro atoms. The average molecular weight is 410 g/mol. The molecular formula is C23H24ClN3O2. The third kappa shape index (κ3) is 5.05. The number of hydrogen-bond acceptors (Lipinski definition) is 4. The minimum absolute atomic E-state index is 0.0433. The van der Waals surface area contributed by atoms with E-state index >= 15 is 0 Å². The summed E-state index contributed by atoms with van der Waals surface area (Å²) >= 11 is 6.38. The van der Waals surface area contributed by atoms with Crippen LogP contribution in [0.4, 0.5) is 0 Å². The fourth-order valence-corrected chi connectivity index (χ4v) is 3.83. The van der Waals surface area contributed by atoms with Gasteiger partial charge in [-0.25, -0.2) is 4.98 Å². The van der Waals surface area contributed by atoms with Gasteiger partial charge in [0.15, 0.2) is 5.69 Å². The van der Waals surface area contributed by atoms with Gasteiger partial charge in [-0.1, -0.05) is 60.1 Å². The minimum Gasteiger partial charge on any atom is -0.447 e. The van der Waals surface area contributed by atoms with Crippen molar-refractivity contribution >= 4 is 17.5 Å². The van der Waals surface area contributed by atoms with Crippen molar-refractivity contribution < 1.29 is 9.21 Å². The van der Waals surface area contributed by atoms with Crippen LogP contribution in [0.2, 0.25) is 5.02 Å². The monoisotopic (exact) mass is 409 g/mol. The van der Waals surface area contributed by atoms with Crippen LogP contribution < -0.4 is 0 Å². The molecule has 1 aromatic heterocycles. The van der Waals surface area contributed by atoms with Crippen molar-refractivity contribution in [3.05, 3.63) is 88.6 Å². The summed E-state index contributed by atoms with van der Waals surface area (Å²) < 4.78 is 5.65. The van der Waals surface area contributed by atoms with Gasteiger partial charge >= 0.3 is 0 Å². The number of hydrogen-bond donors (Lipinski definition) is 0. The molecule has 0 radical (unpaired) electrons. The highest BCUT2D eigenvalue weighted by molar-refractivity contribution is 6.31. The van der Waals surface area contributed by atoms with Gasteiger partial charge in [0, 0.05) is 31.2 Å². The van der Waals surface area contributed by atoms with Gasteiger partial charge in [-0.15, -0.1) is 0 Å². The fraction of sp³-hybridized carbons (Fsp3) is 0.304. The van der Waals surface area contributed by atoms with E-state index in [1.54, 1.807) is 0 Å². The van der Waals surface area contributed by atoms with Crippen LogP contribution in [0.25, 0.3) is 0 Å². The number of nitrogens with zero attached hydrogens (tertiary/aromatic N) is 3. The van der Waals surface area contributed by atoms with Crippen molar-refractivity contribution in [2.45, 2.75) is 32.5 Å². The maximum Gasteiger partial charge on any atom is 0.275 e. The first kappa shape index (κ1) is 19.7. The Balaban J connectivity index is 1.50. The van der Waals surface area contributed by atoms with E-state index < -0.39 is 0 Å². The Morgan fingerprint density at radius 1 is 1.00 bits per heavy atom. The lowest BCUT2D eigenvalue weighted by Crippen LogP contribution is -2.28. The lowest BCUT2D eigenvalue weighted by Gasteiger charge is -2.21. The number of carbonyl (C=O) groups excluding carboxylic acids is 1. The highest BCUT2D eigenvalue weighted by atomic mass is 35.5. The van der Waals surface area contributed by atoms with Crippen LogP contribution in [-0.4, -0.2) is 33.8 Å². The first-order chi connectivity index (χ1) is 14.2. The van der Waals surface area contributed by atoms with E-state index in [0.717, 1.165) is 43.1 Å². The lowest BCUT2D eigenvalue weighted by molar-refractivity contribution is 0.0787. The van der Waals surface area contributed by atoms with Gasteiger partial charge in [-0.2, -0.15) is 0 Å². The molecule has 1 aliphatic rings. The van der Waals surface area contributed by atoms with Crippen LogP contribution in [0, 0.1) is 0 Å². The lowest BCUT2D eigenvalue weighted by atomic mass is 10.1. The molecule has 29 heavy (non-hydrogen) atoms. The smallest absolute Gasteiger partial charge is 0.275 e. The second kappa shape index (κ2) is 9.25. The number of benzene rings is 2. The topological polar surface area (TPSA) is 49.6 Å². The highest BCUT2D eigenvalue weighted by Gasteiger charge is 2.23. The van der Waals surface area contributed by atoms with Crippen molar-refractivity contribution in [3.8, 4) is 0 Å². The van der Waals surface area contributed by atoms with Crippen molar-refractivity contribution in [1.29, 1.82) is 0 Å². The quantitative estimate of drug-likeness (QED) is 0.564. The minimum atomic E-state index is -0.0433. The summed E-state index contributed by atoms with van der Waals surface area (Å²) in [6, 6.07) is 18.1. The Bertz CT molecular complexity index is 952. The number of oxazole rings is 1. The second-order valence-electron chi connectivity index (χ2n) is 7.35. The molecule has 150 valence electrons. The third-order valence-corrected chi connectivity index (χ3v) is 5.49. The molecule has 1 amide bonds. The van der Waals surface area contributed by atoms with E-state index in [1.807, 2.05) is 47.4 Å². The first-order valence-corrected chi connectivity index (χ1v) is 10.3. The standard InChI is InChI=1S/C23H24ClN3O2/c24-20-11-5-4-10-19(20)15-26(14-18-8-2-1-3-9-18)16-22-25-21(17-29-22)23(28)27-12-6-7-13-27/h1-5,8-11,17H,6-7,12-16H2.